The summed E-state index contributed by atoms with van der Waals surface area (Å²) in [6.45, 7) is 1.69. The fourth-order valence-electron chi connectivity index (χ4n) is 3.66. The van der Waals surface area contributed by atoms with Gasteiger partial charge >= 0.3 is 5.97 Å². The molecule has 8 heteroatoms. The van der Waals surface area contributed by atoms with E-state index >= 15 is 0 Å². The van der Waals surface area contributed by atoms with Crippen molar-refractivity contribution < 1.29 is 28.2 Å². The quantitative estimate of drug-likeness (QED) is 0.401. The van der Waals surface area contributed by atoms with Crippen LogP contribution >= 0.6 is 0 Å². The number of methoxy groups -OCH3 is 1. The lowest BCUT2D eigenvalue weighted by molar-refractivity contribution is -0.145. The summed E-state index contributed by atoms with van der Waals surface area (Å²) in [5, 5.41) is 5.28. The molecule has 0 aromatic heterocycles. The fraction of sp³-hybridized carbons (Fsp3) is 0.250. The Morgan fingerprint density at radius 1 is 0.806 bits per heavy atom. The van der Waals surface area contributed by atoms with Gasteiger partial charge in [0.15, 0.2) is 0 Å². The number of rotatable bonds is 11. The van der Waals surface area contributed by atoms with Crippen molar-refractivity contribution in [1.82, 2.24) is 10.6 Å². The summed E-state index contributed by atoms with van der Waals surface area (Å²) >= 11 is 0. The van der Waals surface area contributed by atoms with Crippen molar-refractivity contribution in [3.63, 3.8) is 0 Å². The summed E-state index contributed by atoms with van der Waals surface area (Å²) in [4.78, 5) is 37.3. The fourth-order valence-corrected chi connectivity index (χ4v) is 3.66. The topological polar surface area (TPSA) is 93.7 Å². The van der Waals surface area contributed by atoms with E-state index in [4.69, 9.17) is 9.47 Å². The Balaban J connectivity index is 1.70. The van der Waals surface area contributed by atoms with E-state index in [-0.39, 0.29) is 12.8 Å². The third-order valence-corrected chi connectivity index (χ3v) is 5.44. The Labute approximate surface area is 209 Å². The lowest BCUT2D eigenvalue weighted by atomic mass is 10.0. The molecule has 0 spiro atoms. The van der Waals surface area contributed by atoms with Gasteiger partial charge in [-0.05, 0) is 41.0 Å². The van der Waals surface area contributed by atoms with Gasteiger partial charge in [0.25, 0.3) is 0 Å². The number of hydrogen-bond acceptors (Lipinski definition) is 5. The zero-order valence-electron chi connectivity index (χ0n) is 20.2. The predicted molar refractivity (Wildman–Crippen MR) is 133 cm³/mol. The van der Waals surface area contributed by atoms with E-state index in [0.29, 0.717) is 17.9 Å². The number of ether oxygens (including phenoxy) is 2. The maximum Gasteiger partial charge on any atom is 0.328 e. The van der Waals surface area contributed by atoms with Crippen LogP contribution in [0.5, 0.6) is 5.75 Å². The van der Waals surface area contributed by atoms with Crippen molar-refractivity contribution >= 4 is 17.8 Å². The molecule has 3 aromatic carbocycles. The van der Waals surface area contributed by atoms with Gasteiger partial charge in [-0.3, -0.25) is 9.59 Å². The van der Waals surface area contributed by atoms with Crippen molar-refractivity contribution in [2.45, 2.75) is 38.5 Å². The largest absolute Gasteiger partial charge is 0.489 e. The molecule has 0 radical (unpaired) electrons. The molecule has 0 saturated carbocycles. The molecule has 2 N–H and O–H groups in total. The molecule has 3 rings (SSSR count). The second kappa shape index (κ2) is 13.0. The molecule has 0 fully saturated rings. The summed E-state index contributed by atoms with van der Waals surface area (Å²) in [6, 6.07) is 20.7. The van der Waals surface area contributed by atoms with Crippen molar-refractivity contribution in [2.75, 3.05) is 7.11 Å². The highest BCUT2D eigenvalue weighted by Crippen LogP contribution is 2.17. The third-order valence-electron chi connectivity index (χ3n) is 5.44. The van der Waals surface area contributed by atoms with Gasteiger partial charge in [0.1, 0.15) is 30.3 Å². The molecular formula is C28H29FN2O5. The molecule has 0 aliphatic rings. The highest BCUT2D eigenvalue weighted by molar-refractivity contribution is 5.90. The van der Waals surface area contributed by atoms with E-state index in [1.165, 1.54) is 38.3 Å². The first-order valence-electron chi connectivity index (χ1n) is 11.5. The van der Waals surface area contributed by atoms with Crippen LogP contribution in [0.1, 0.15) is 23.6 Å². The van der Waals surface area contributed by atoms with Crippen LogP contribution in [-0.2, 0) is 38.6 Å². The van der Waals surface area contributed by atoms with Gasteiger partial charge in [-0.25, -0.2) is 9.18 Å². The normalized spacial score (nSPS) is 12.2. The van der Waals surface area contributed by atoms with Crippen LogP contribution in [-0.4, -0.2) is 37.0 Å². The first-order valence-corrected chi connectivity index (χ1v) is 11.5. The van der Waals surface area contributed by atoms with Crippen LogP contribution in [0.2, 0.25) is 0 Å². The molecule has 0 bridgehead atoms. The van der Waals surface area contributed by atoms with E-state index in [9.17, 15) is 18.8 Å². The Hall–Kier alpha value is -4.20. The van der Waals surface area contributed by atoms with Gasteiger partial charge in [-0.1, -0.05) is 54.6 Å². The Morgan fingerprint density at radius 2 is 1.47 bits per heavy atom. The zero-order chi connectivity index (χ0) is 25.9. The molecule has 0 heterocycles. The maximum absolute atomic E-state index is 13.3. The molecule has 36 heavy (non-hydrogen) atoms. The molecule has 0 aliphatic heterocycles. The van der Waals surface area contributed by atoms with Gasteiger partial charge in [-0.2, -0.15) is 0 Å². The summed E-state index contributed by atoms with van der Waals surface area (Å²) < 4.78 is 24.0. The number of nitrogens with one attached hydrogen (secondary N) is 2. The number of benzene rings is 3. The minimum Gasteiger partial charge on any atom is -0.489 e. The number of amides is 2. The second-order valence-corrected chi connectivity index (χ2v) is 8.29. The van der Waals surface area contributed by atoms with Crippen LogP contribution in [0.15, 0.2) is 78.9 Å². The Bertz CT molecular complexity index is 1170. The van der Waals surface area contributed by atoms with Crippen molar-refractivity contribution in [3.05, 3.63) is 101 Å². The molecule has 0 unspecified atom stereocenters. The number of hydrogen-bond donors (Lipinski definition) is 2. The number of carbonyl (C=O) groups is 3. The van der Waals surface area contributed by atoms with Gasteiger partial charge in [0, 0.05) is 19.8 Å². The van der Waals surface area contributed by atoms with Gasteiger partial charge in [-0.15, -0.1) is 0 Å². The maximum atomic E-state index is 13.3. The molecule has 0 aliphatic carbocycles. The molecular weight excluding hydrogens is 463 g/mol. The van der Waals surface area contributed by atoms with Crippen molar-refractivity contribution in [2.24, 2.45) is 0 Å². The lowest BCUT2D eigenvalue weighted by Crippen LogP contribution is -2.53. The second-order valence-electron chi connectivity index (χ2n) is 8.29. The van der Waals surface area contributed by atoms with Gasteiger partial charge < -0.3 is 20.1 Å². The molecule has 3 aromatic rings. The molecule has 2 atom stereocenters. The minimum absolute atomic E-state index is 0.127. The van der Waals surface area contributed by atoms with Gasteiger partial charge in [0.2, 0.25) is 11.8 Å². The first-order chi connectivity index (χ1) is 17.3. The Kier molecular flexibility index (Phi) is 9.56. The van der Waals surface area contributed by atoms with Crippen LogP contribution in [0.3, 0.4) is 0 Å². The van der Waals surface area contributed by atoms with Crippen LogP contribution in [0.4, 0.5) is 4.39 Å². The lowest BCUT2D eigenvalue weighted by Gasteiger charge is -2.22. The summed E-state index contributed by atoms with van der Waals surface area (Å²) in [5.41, 5.74) is 2.43. The molecule has 2 amide bonds. The average Bonchev–Trinajstić information content (AvgIpc) is 2.88. The smallest absolute Gasteiger partial charge is 0.328 e. The summed E-state index contributed by atoms with van der Waals surface area (Å²) in [7, 11) is 1.24. The van der Waals surface area contributed by atoms with Crippen LogP contribution in [0, 0.1) is 5.82 Å². The molecule has 7 nitrogen and oxygen atoms in total. The molecule has 188 valence electrons. The van der Waals surface area contributed by atoms with Crippen molar-refractivity contribution in [1.29, 1.82) is 0 Å². The third kappa shape index (κ3) is 8.23. The highest BCUT2D eigenvalue weighted by Gasteiger charge is 2.27. The van der Waals surface area contributed by atoms with E-state index in [2.05, 4.69) is 10.6 Å². The number of carbonyl (C=O) groups excluding carboxylic acids is 3. The monoisotopic (exact) mass is 492 g/mol. The number of halogens is 1. The van der Waals surface area contributed by atoms with Crippen LogP contribution < -0.4 is 15.4 Å². The van der Waals surface area contributed by atoms with E-state index in [1.807, 2.05) is 42.5 Å². The summed E-state index contributed by atoms with van der Waals surface area (Å²) in [6.07, 6.45) is 0.284. The highest BCUT2D eigenvalue weighted by atomic mass is 19.1. The standard InChI is InChI=1S/C28H29FN2O5/c1-19(32)30-25(16-20-11-13-23(29)14-12-20)27(33)31-26(28(34)35-2)17-22-9-6-10-24(15-22)36-18-21-7-4-3-5-8-21/h3-15,25-26H,16-18H2,1-2H3,(H,30,32)(H,31,33)/t25-,26-/m0/s1. The average molecular weight is 493 g/mol. The number of esters is 1. The van der Waals surface area contributed by atoms with Crippen molar-refractivity contribution in [3.8, 4) is 5.75 Å². The first kappa shape index (κ1) is 26.4. The van der Waals surface area contributed by atoms with E-state index < -0.39 is 35.7 Å². The zero-order valence-corrected chi connectivity index (χ0v) is 20.2. The van der Waals surface area contributed by atoms with Crippen LogP contribution in [0.25, 0.3) is 0 Å². The predicted octanol–water partition coefficient (Wildman–Crippen LogP) is 3.35. The molecule has 0 saturated heterocycles. The summed E-state index contributed by atoms with van der Waals surface area (Å²) in [5.74, 6) is -1.36. The SMILES string of the molecule is COC(=O)[C@H](Cc1cccc(OCc2ccccc2)c1)NC(=O)[C@H](Cc1ccc(F)cc1)NC(C)=O. The van der Waals surface area contributed by atoms with Gasteiger partial charge in [0.05, 0.1) is 7.11 Å². The minimum atomic E-state index is -0.989. The van der Waals surface area contributed by atoms with E-state index in [1.54, 1.807) is 12.1 Å². The van der Waals surface area contributed by atoms with E-state index in [0.717, 1.165) is 11.1 Å². The Morgan fingerprint density at radius 3 is 2.14 bits per heavy atom.